The molecule has 7 heteroatoms. The molecule has 0 aromatic carbocycles. The molecular weight excluding hydrogens is 310 g/mol. The topological polar surface area (TPSA) is 85.9 Å². The van der Waals surface area contributed by atoms with E-state index in [1.54, 1.807) is 11.8 Å². The Morgan fingerprint density at radius 3 is 2.75 bits per heavy atom. The number of rotatable bonds is 5. The Morgan fingerprint density at radius 2 is 2.04 bits per heavy atom. The van der Waals surface area contributed by atoms with E-state index >= 15 is 0 Å². The molecule has 1 fully saturated rings. The zero-order valence-electron chi connectivity index (χ0n) is 14.1. The zero-order chi connectivity index (χ0) is 17.1. The number of morpholine rings is 1. The number of carbonyl (C=O) groups is 2. The second kappa shape index (κ2) is 7.46. The van der Waals surface area contributed by atoms with Crippen LogP contribution in [0.5, 0.6) is 0 Å². The van der Waals surface area contributed by atoms with Crippen molar-refractivity contribution in [2.45, 2.75) is 25.9 Å². The van der Waals surface area contributed by atoms with Gasteiger partial charge in [-0.15, -0.1) is 0 Å². The molecule has 7 nitrogen and oxygen atoms in total. The quantitative estimate of drug-likeness (QED) is 0.752. The summed E-state index contributed by atoms with van der Waals surface area (Å²) in [5.41, 5.74) is 2.63. The maximum absolute atomic E-state index is 12.9. The molecule has 1 aromatic rings. The van der Waals surface area contributed by atoms with Gasteiger partial charge >= 0.3 is 0 Å². The molecule has 132 valence electrons. The number of amides is 1. The van der Waals surface area contributed by atoms with E-state index in [1.165, 1.54) is 0 Å². The third-order valence-corrected chi connectivity index (χ3v) is 4.84. The average molecular weight is 335 g/mol. The first-order valence-corrected chi connectivity index (χ1v) is 8.54. The molecule has 0 spiro atoms. The van der Waals surface area contributed by atoms with Crippen molar-refractivity contribution < 1.29 is 19.4 Å². The molecule has 1 aromatic heterocycles. The lowest BCUT2D eigenvalue weighted by atomic mass is 10.1. The van der Waals surface area contributed by atoms with E-state index in [1.807, 2.05) is 0 Å². The minimum absolute atomic E-state index is 0.0922. The van der Waals surface area contributed by atoms with Crippen LogP contribution in [-0.2, 0) is 11.2 Å². The van der Waals surface area contributed by atoms with Gasteiger partial charge in [-0.3, -0.25) is 14.5 Å². The lowest BCUT2D eigenvalue weighted by Crippen LogP contribution is -2.46. The van der Waals surface area contributed by atoms with Crippen molar-refractivity contribution in [3.05, 3.63) is 22.5 Å². The number of hydrogen-bond donors (Lipinski definition) is 2. The van der Waals surface area contributed by atoms with Crippen LogP contribution in [0.25, 0.3) is 0 Å². The van der Waals surface area contributed by atoms with Gasteiger partial charge in [-0.2, -0.15) is 0 Å². The van der Waals surface area contributed by atoms with E-state index in [0.29, 0.717) is 49.7 Å². The number of hydrogen-bond acceptors (Lipinski definition) is 5. The predicted molar refractivity (Wildman–Crippen MR) is 88.4 cm³/mol. The Bertz CT molecular complexity index is 607. The highest BCUT2D eigenvalue weighted by Gasteiger charge is 2.29. The summed E-state index contributed by atoms with van der Waals surface area (Å²) in [4.78, 5) is 30.9. The highest BCUT2D eigenvalue weighted by Crippen LogP contribution is 2.24. The Hall–Kier alpha value is -1.70. The molecule has 1 saturated heterocycles. The van der Waals surface area contributed by atoms with Gasteiger partial charge in [-0.05, 0) is 25.3 Å². The molecule has 0 bridgehead atoms. The maximum Gasteiger partial charge on any atom is 0.256 e. The summed E-state index contributed by atoms with van der Waals surface area (Å²) >= 11 is 0. The molecule has 1 amide bonds. The van der Waals surface area contributed by atoms with E-state index in [2.05, 4.69) is 9.88 Å². The van der Waals surface area contributed by atoms with Gasteiger partial charge in [0.1, 0.15) is 0 Å². The molecule has 0 radical (unpaired) electrons. The van der Waals surface area contributed by atoms with Crippen molar-refractivity contribution in [2.24, 2.45) is 0 Å². The van der Waals surface area contributed by atoms with Crippen LogP contribution in [0.1, 0.15) is 38.5 Å². The molecule has 2 aliphatic heterocycles. The van der Waals surface area contributed by atoms with E-state index in [0.717, 1.165) is 37.9 Å². The number of aliphatic hydroxyl groups is 1. The van der Waals surface area contributed by atoms with Gasteiger partial charge in [-0.25, -0.2) is 0 Å². The van der Waals surface area contributed by atoms with Gasteiger partial charge in [0.25, 0.3) is 5.91 Å². The van der Waals surface area contributed by atoms with Crippen molar-refractivity contribution in [3.63, 3.8) is 0 Å². The summed E-state index contributed by atoms with van der Waals surface area (Å²) in [6.45, 7) is 6.29. The molecule has 3 heterocycles. The lowest BCUT2D eigenvalue weighted by Gasteiger charge is -2.31. The summed E-state index contributed by atoms with van der Waals surface area (Å²) in [7, 11) is 0. The SMILES string of the molecule is Cc1c(C=O)[nH]c2c1C(=O)N(C[C@H](O)CN1CCOCC1)CCC2. The fraction of sp³-hybridized carbons (Fsp3) is 0.647. The molecule has 2 aliphatic rings. The number of β-amino-alcohol motifs (C(OH)–C–C–N with tert-alkyl or cyclic N) is 1. The first kappa shape index (κ1) is 17.1. The molecule has 0 aliphatic carbocycles. The number of fused-ring (bicyclic) bond motifs is 1. The zero-order valence-corrected chi connectivity index (χ0v) is 14.1. The predicted octanol–water partition coefficient (Wildman–Crippen LogP) is 0.217. The highest BCUT2D eigenvalue weighted by molar-refractivity contribution is 5.99. The number of aromatic nitrogens is 1. The van der Waals surface area contributed by atoms with Gasteiger partial charge in [0.15, 0.2) is 6.29 Å². The smallest absolute Gasteiger partial charge is 0.256 e. The van der Waals surface area contributed by atoms with Crippen LogP contribution in [0.4, 0.5) is 0 Å². The molecule has 0 saturated carbocycles. The van der Waals surface area contributed by atoms with Crippen molar-refractivity contribution >= 4 is 12.2 Å². The highest BCUT2D eigenvalue weighted by atomic mass is 16.5. The Kier molecular flexibility index (Phi) is 5.33. The summed E-state index contributed by atoms with van der Waals surface area (Å²) in [6, 6.07) is 0. The molecular formula is C17H25N3O4. The van der Waals surface area contributed by atoms with E-state index in [4.69, 9.17) is 4.74 Å². The molecule has 24 heavy (non-hydrogen) atoms. The normalized spacial score (nSPS) is 20.6. The Labute approximate surface area is 141 Å². The number of aliphatic hydroxyl groups excluding tert-OH is 1. The van der Waals surface area contributed by atoms with Gasteiger partial charge in [0.05, 0.1) is 30.6 Å². The first-order valence-electron chi connectivity index (χ1n) is 8.54. The van der Waals surface area contributed by atoms with Gasteiger partial charge in [0.2, 0.25) is 0 Å². The largest absolute Gasteiger partial charge is 0.390 e. The van der Waals surface area contributed by atoms with Gasteiger partial charge in [-0.1, -0.05) is 0 Å². The number of nitrogens with zero attached hydrogens (tertiary/aromatic N) is 2. The molecule has 2 N–H and O–H groups in total. The van der Waals surface area contributed by atoms with Gasteiger partial charge < -0.3 is 19.7 Å². The molecule has 3 rings (SSSR count). The number of aryl methyl sites for hydroxylation is 1. The van der Waals surface area contributed by atoms with Crippen LogP contribution in [0.15, 0.2) is 0 Å². The van der Waals surface area contributed by atoms with Crippen LogP contribution in [-0.4, -0.2) is 84.1 Å². The number of aromatic amines is 1. The van der Waals surface area contributed by atoms with Gasteiger partial charge in [0, 0.05) is 38.4 Å². The number of aldehydes is 1. The van der Waals surface area contributed by atoms with Crippen LogP contribution >= 0.6 is 0 Å². The third-order valence-electron chi connectivity index (χ3n) is 4.84. The number of carbonyl (C=O) groups excluding carboxylic acids is 2. The molecule has 0 unspecified atom stereocenters. The summed E-state index contributed by atoms with van der Waals surface area (Å²) in [5, 5.41) is 10.4. The maximum atomic E-state index is 12.9. The number of nitrogens with one attached hydrogen (secondary N) is 1. The summed E-state index contributed by atoms with van der Waals surface area (Å²) in [6.07, 6.45) is 1.74. The minimum Gasteiger partial charge on any atom is -0.390 e. The van der Waals surface area contributed by atoms with E-state index in [-0.39, 0.29) is 5.91 Å². The van der Waals surface area contributed by atoms with Crippen molar-refractivity contribution in [1.29, 1.82) is 0 Å². The van der Waals surface area contributed by atoms with Crippen molar-refractivity contribution in [2.75, 3.05) is 45.9 Å². The summed E-state index contributed by atoms with van der Waals surface area (Å²) in [5.74, 6) is -0.0922. The monoisotopic (exact) mass is 335 g/mol. The second-order valence-electron chi connectivity index (χ2n) is 6.56. The van der Waals surface area contributed by atoms with Crippen LogP contribution in [0.3, 0.4) is 0 Å². The third kappa shape index (κ3) is 3.53. The fourth-order valence-corrected chi connectivity index (χ4v) is 3.55. The average Bonchev–Trinajstić information content (AvgIpc) is 2.81. The van der Waals surface area contributed by atoms with Crippen LogP contribution < -0.4 is 0 Å². The summed E-state index contributed by atoms with van der Waals surface area (Å²) < 4.78 is 5.31. The fourth-order valence-electron chi connectivity index (χ4n) is 3.55. The van der Waals surface area contributed by atoms with E-state index in [9.17, 15) is 14.7 Å². The van der Waals surface area contributed by atoms with E-state index < -0.39 is 6.10 Å². The van der Waals surface area contributed by atoms with Crippen molar-refractivity contribution in [3.8, 4) is 0 Å². The Balaban J connectivity index is 1.68. The van der Waals surface area contributed by atoms with Crippen LogP contribution in [0.2, 0.25) is 0 Å². The molecule has 1 atom stereocenters. The standard InChI is InChI=1S/C17H25N3O4/c1-12-15(11-21)18-14-3-2-4-20(17(23)16(12)14)10-13(22)9-19-5-7-24-8-6-19/h11,13,18,22H,2-10H2,1H3/t13-/m1/s1. The lowest BCUT2D eigenvalue weighted by molar-refractivity contribution is 0.00720. The number of ether oxygens (including phenoxy) is 1. The second-order valence-corrected chi connectivity index (χ2v) is 6.56. The van der Waals surface area contributed by atoms with Crippen molar-refractivity contribution in [1.82, 2.24) is 14.8 Å². The number of H-pyrrole nitrogens is 1. The first-order chi connectivity index (χ1) is 11.6. The Morgan fingerprint density at radius 1 is 1.29 bits per heavy atom. The van der Waals surface area contributed by atoms with Crippen LogP contribution in [0, 0.1) is 6.92 Å². The minimum atomic E-state index is -0.585.